The highest BCUT2D eigenvalue weighted by atomic mass is 19.2. The SMILES string of the molecule is CCNc1cnc(-c2cc(F)c(F)c(F)c2)cn1. The lowest BCUT2D eigenvalue weighted by molar-refractivity contribution is 0.447. The van der Waals surface area contributed by atoms with E-state index in [9.17, 15) is 13.2 Å². The molecular formula is C12H10F3N3. The number of benzene rings is 1. The van der Waals surface area contributed by atoms with Crippen molar-refractivity contribution in [1.29, 1.82) is 0 Å². The van der Waals surface area contributed by atoms with Crippen molar-refractivity contribution in [3.05, 3.63) is 42.0 Å². The fraction of sp³-hybridized carbons (Fsp3) is 0.167. The summed E-state index contributed by atoms with van der Waals surface area (Å²) in [5.74, 6) is -3.43. The Labute approximate surface area is 102 Å². The van der Waals surface area contributed by atoms with E-state index >= 15 is 0 Å². The topological polar surface area (TPSA) is 37.8 Å². The predicted molar refractivity (Wildman–Crippen MR) is 61.5 cm³/mol. The van der Waals surface area contributed by atoms with Crippen molar-refractivity contribution in [1.82, 2.24) is 9.97 Å². The van der Waals surface area contributed by atoms with E-state index in [0.717, 1.165) is 12.1 Å². The second kappa shape index (κ2) is 5.03. The maximum absolute atomic E-state index is 13.1. The number of hydrogen-bond donors (Lipinski definition) is 1. The van der Waals surface area contributed by atoms with Gasteiger partial charge < -0.3 is 5.32 Å². The molecule has 1 N–H and O–H groups in total. The van der Waals surface area contributed by atoms with Crippen LogP contribution in [-0.4, -0.2) is 16.5 Å². The lowest BCUT2D eigenvalue weighted by Gasteiger charge is -2.04. The first-order valence-corrected chi connectivity index (χ1v) is 5.32. The zero-order valence-electron chi connectivity index (χ0n) is 9.54. The van der Waals surface area contributed by atoms with Crippen LogP contribution in [0.25, 0.3) is 11.3 Å². The third kappa shape index (κ3) is 2.42. The Morgan fingerprint density at radius 3 is 2.22 bits per heavy atom. The Morgan fingerprint density at radius 1 is 1.06 bits per heavy atom. The normalized spacial score (nSPS) is 10.4. The summed E-state index contributed by atoms with van der Waals surface area (Å²) in [6.45, 7) is 2.59. The van der Waals surface area contributed by atoms with Crippen molar-refractivity contribution in [3.63, 3.8) is 0 Å². The molecule has 0 saturated carbocycles. The molecule has 0 amide bonds. The number of hydrogen-bond acceptors (Lipinski definition) is 3. The minimum atomic E-state index is -1.49. The van der Waals surface area contributed by atoms with Gasteiger partial charge >= 0.3 is 0 Å². The molecule has 18 heavy (non-hydrogen) atoms. The molecule has 0 atom stereocenters. The van der Waals surface area contributed by atoms with Crippen LogP contribution in [0.4, 0.5) is 19.0 Å². The third-order valence-corrected chi connectivity index (χ3v) is 2.29. The molecule has 0 saturated heterocycles. The highest BCUT2D eigenvalue weighted by Gasteiger charge is 2.12. The van der Waals surface area contributed by atoms with Crippen LogP contribution in [0, 0.1) is 17.5 Å². The van der Waals surface area contributed by atoms with Crippen LogP contribution in [0.3, 0.4) is 0 Å². The Bertz CT molecular complexity index is 532. The highest BCUT2D eigenvalue weighted by molar-refractivity contribution is 5.59. The van der Waals surface area contributed by atoms with Crippen LogP contribution in [0.1, 0.15) is 6.92 Å². The van der Waals surface area contributed by atoms with Gasteiger partial charge in [-0.1, -0.05) is 0 Å². The molecule has 1 aromatic heterocycles. The molecule has 0 spiro atoms. The van der Waals surface area contributed by atoms with Gasteiger partial charge in [-0.3, -0.25) is 4.98 Å². The molecule has 0 fully saturated rings. The molecule has 1 aromatic carbocycles. The minimum Gasteiger partial charge on any atom is -0.369 e. The van der Waals surface area contributed by atoms with Gasteiger partial charge in [-0.25, -0.2) is 18.2 Å². The van der Waals surface area contributed by atoms with Crippen molar-refractivity contribution in [2.24, 2.45) is 0 Å². The molecule has 6 heteroatoms. The summed E-state index contributed by atoms with van der Waals surface area (Å²) in [7, 11) is 0. The lowest BCUT2D eigenvalue weighted by Crippen LogP contribution is -2.00. The average molecular weight is 253 g/mol. The zero-order chi connectivity index (χ0) is 13.1. The van der Waals surface area contributed by atoms with E-state index in [0.29, 0.717) is 12.4 Å². The molecule has 0 unspecified atom stereocenters. The summed E-state index contributed by atoms with van der Waals surface area (Å²) in [6, 6.07) is 1.77. The van der Waals surface area contributed by atoms with Crippen LogP contribution in [0.15, 0.2) is 24.5 Å². The second-order valence-electron chi connectivity index (χ2n) is 3.57. The van der Waals surface area contributed by atoms with Crippen molar-refractivity contribution in [3.8, 4) is 11.3 Å². The van der Waals surface area contributed by atoms with Crippen molar-refractivity contribution >= 4 is 5.82 Å². The summed E-state index contributed by atoms with van der Waals surface area (Å²) >= 11 is 0. The van der Waals surface area contributed by atoms with E-state index in [-0.39, 0.29) is 11.3 Å². The van der Waals surface area contributed by atoms with Gasteiger partial charge in [0.25, 0.3) is 0 Å². The van der Waals surface area contributed by atoms with Crippen LogP contribution in [0.5, 0.6) is 0 Å². The zero-order valence-corrected chi connectivity index (χ0v) is 9.54. The van der Waals surface area contributed by atoms with Crippen molar-refractivity contribution in [2.45, 2.75) is 6.92 Å². The van der Waals surface area contributed by atoms with Crippen LogP contribution >= 0.6 is 0 Å². The molecule has 3 nitrogen and oxygen atoms in total. The summed E-state index contributed by atoms with van der Waals surface area (Å²) < 4.78 is 38.9. The van der Waals surface area contributed by atoms with E-state index in [1.807, 2.05) is 6.92 Å². The summed E-state index contributed by atoms with van der Waals surface area (Å²) in [5.41, 5.74) is 0.413. The Hall–Kier alpha value is -2.11. The Kier molecular flexibility index (Phi) is 3.45. The van der Waals surface area contributed by atoms with Gasteiger partial charge in [0.1, 0.15) is 5.82 Å². The Morgan fingerprint density at radius 2 is 1.72 bits per heavy atom. The third-order valence-electron chi connectivity index (χ3n) is 2.29. The molecule has 0 aliphatic carbocycles. The molecule has 0 aliphatic rings. The number of aromatic nitrogens is 2. The number of nitrogens with zero attached hydrogens (tertiary/aromatic N) is 2. The van der Waals surface area contributed by atoms with E-state index in [2.05, 4.69) is 15.3 Å². The van der Waals surface area contributed by atoms with E-state index in [1.165, 1.54) is 12.4 Å². The smallest absolute Gasteiger partial charge is 0.194 e. The van der Waals surface area contributed by atoms with Gasteiger partial charge in [-0.15, -0.1) is 0 Å². The van der Waals surface area contributed by atoms with E-state index in [1.54, 1.807) is 0 Å². The molecule has 2 aromatic rings. The van der Waals surface area contributed by atoms with Gasteiger partial charge in [0, 0.05) is 12.1 Å². The predicted octanol–water partition coefficient (Wildman–Crippen LogP) is 2.99. The number of anilines is 1. The Balaban J connectivity index is 2.36. The molecule has 94 valence electrons. The number of nitrogens with one attached hydrogen (secondary N) is 1. The maximum atomic E-state index is 13.1. The van der Waals surface area contributed by atoms with Gasteiger partial charge in [-0.05, 0) is 19.1 Å². The van der Waals surface area contributed by atoms with Gasteiger partial charge in [0.15, 0.2) is 17.5 Å². The van der Waals surface area contributed by atoms with Crippen molar-refractivity contribution in [2.75, 3.05) is 11.9 Å². The first kappa shape index (κ1) is 12.3. The molecule has 2 rings (SSSR count). The van der Waals surface area contributed by atoms with E-state index in [4.69, 9.17) is 0 Å². The second-order valence-corrected chi connectivity index (χ2v) is 3.57. The maximum Gasteiger partial charge on any atom is 0.194 e. The molecule has 1 heterocycles. The largest absolute Gasteiger partial charge is 0.369 e. The standard InChI is InChI=1S/C12H10F3N3/c1-2-16-11-6-17-10(5-18-11)7-3-8(13)12(15)9(14)4-7/h3-6H,2H2,1H3,(H,16,18). The average Bonchev–Trinajstić information content (AvgIpc) is 2.37. The van der Waals surface area contributed by atoms with Gasteiger partial charge in [0.05, 0.1) is 18.1 Å². The molecular weight excluding hydrogens is 243 g/mol. The van der Waals surface area contributed by atoms with Crippen LogP contribution in [0.2, 0.25) is 0 Å². The lowest BCUT2D eigenvalue weighted by atomic mass is 10.1. The molecule has 0 radical (unpaired) electrons. The molecule has 0 aliphatic heterocycles. The molecule has 0 bridgehead atoms. The fourth-order valence-electron chi connectivity index (χ4n) is 1.45. The highest BCUT2D eigenvalue weighted by Crippen LogP contribution is 2.21. The quantitative estimate of drug-likeness (QED) is 0.854. The monoisotopic (exact) mass is 253 g/mol. The summed E-state index contributed by atoms with van der Waals surface area (Å²) in [6.07, 6.45) is 2.81. The van der Waals surface area contributed by atoms with Gasteiger partial charge in [-0.2, -0.15) is 0 Å². The number of rotatable bonds is 3. The van der Waals surface area contributed by atoms with Crippen molar-refractivity contribution < 1.29 is 13.2 Å². The minimum absolute atomic E-state index is 0.141. The fourth-order valence-corrected chi connectivity index (χ4v) is 1.45. The van der Waals surface area contributed by atoms with Crippen LogP contribution < -0.4 is 5.32 Å². The van der Waals surface area contributed by atoms with Crippen LogP contribution in [-0.2, 0) is 0 Å². The summed E-state index contributed by atoms with van der Waals surface area (Å²) in [4.78, 5) is 8.01. The van der Waals surface area contributed by atoms with Gasteiger partial charge in [0.2, 0.25) is 0 Å². The first-order valence-electron chi connectivity index (χ1n) is 5.32. The summed E-state index contributed by atoms with van der Waals surface area (Å²) in [5, 5.41) is 2.94. The van der Waals surface area contributed by atoms with E-state index < -0.39 is 17.5 Å². The number of halogens is 3. The first-order chi connectivity index (χ1) is 8.61.